The van der Waals surface area contributed by atoms with Crippen molar-refractivity contribution in [3.8, 4) is 0 Å². The van der Waals surface area contributed by atoms with Crippen molar-refractivity contribution in [2.75, 3.05) is 6.16 Å². The van der Waals surface area contributed by atoms with Gasteiger partial charge >= 0.3 is 29.6 Å². The van der Waals surface area contributed by atoms with Crippen LogP contribution in [0, 0.1) is 0 Å². The molecule has 0 spiro atoms. The van der Waals surface area contributed by atoms with E-state index in [1.54, 1.807) is 0 Å². The number of hydrogen-bond donors (Lipinski definition) is 4. The van der Waals surface area contributed by atoms with Gasteiger partial charge in [-0.2, -0.15) is 0 Å². The monoisotopic (exact) mass is 348 g/mol. The summed E-state index contributed by atoms with van der Waals surface area (Å²) in [6, 6.07) is 0. The second-order valence-electron chi connectivity index (χ2n) is 5.77. The maximum absolute atomic E-state index is 10.5. The molecule has 4 N–H and O–H groups in total. The topological polar surface area (TPSA) is 121 Å². The van der Waals surface area contributed by atoms with Gasteiger partial charge in [0.1, 0.15) is 7.60 Å². The molecule has 0 bridgehead atoms. The first-order valence-corrected chi connectivity index (χ1v) is 9.67. The van der Waals surface area contributed by atoms with Crippen LogP contribution in [0.15, 0.2) is 0 Å². The molecule has 128 valence electrons. The van der Waals surface area contributed by atoms with Crippen molar-refractivity contribution in [3.05, 3.63) is 0 Å². The van der Waals surface area contributed by atoms with Gasteiger partial charge in [-0.3, -0.25) is 0 Å². The summed E-state index contributed by atoms with van der Waals surface area (Å²) >= 11 is 0. The van der Waals surface area contributed by atoms with Crippen LogP contribution in [-0.2, 0) is 4.57 Å². The fourth-order valence-corrected chi connectivity index (χ4v) is 2.89. The first-order chi connectivity index (χ1) is 9.71. The average Bonchev–Trinajstić information content (AvgIpc) is 2.32. The summed E-state index contributed by atoms with van der Waals surface area (Å²) in [5, 5.41) is 26.1. The Labute approximate surface area is 155 Å². The van der Waals surface area contributed by atoms with Gasteiger partial charge in [0, 0.05) is 12.6 Å². The third kappa shape index (κ3) is 23.3. The van der Waals surface area contributed by atoms with Crippen LogP contribution in [0.1, 0.15) is 77.0 Å². The van der Waals surface area contributed by atoms with E-state index < -0.39 is 13.6 Å². The molecule has 0 aromatic carbocycles. The molecule has 1 atom stereocenters. The predicted molar refractivity (Wildman–Crippen MR) is 79.5 cm³/mol. The molecule has 0 fully saturated rings. The van der Waals surface area contributed by atoms with E-state index in [1.165, 1.54) is 0 Å². The molecule has 0 rings (SSSR count). The maximum Gasteiger partial charge on any atom is 1.00 e. The predicted octanol–water partition coefficient (Wildman–Crippen LogP) is -1.15. The Morgan fingerprint density at radius 3 is 1.36 bits per heavy atom. The van der Waals surface area contributed by atoms with Gasteiger partial charge < -0.3 is 29.7 Å². The molecule has 1 unspecified atom stereocenters. The van der Waals surface area contributed by atoms with E-state index in [2.05, 4.69) is 0 Å². The Hall–Kier alpha value is 1.03. The zero-order valence-corrected chi connectivity index (χ0v) is 16.6. The molecule has 8 heteroatoms. The standard InChI is InChI=1S/C14H31O6P.Na/c15-14(16,17)12-10-8-6-4-2-1-3-5-7-9-11-13-21(18,19)20;/h15-17H,1-13H2,(H2,18,19,20);/q;+1/p-1. The van der Waals surface area contributed by atoms with E-state index in [9.17, 15) is 9.46 Å². The molecule has 0 aromatic rings. The summed E-state index contributed by atoms with van der Waals surface area (Å²) < 4.78 is 10.5. The van der Waals surface area contributed by atoms with Crippen molar-refractivity contribution in [1.29, 1.82) is 0 Å². The van der Waals surface area contributed by atoms with Crippen LogP contribution in [-0.4, -0.2) is 32.3 Å². The summed E-state index contributed by atoms with van der Waals surface area (Å²) in [5.41, 5.74) is 0. The number of rotatable bonds is 14. The van der Waals surface area contributed by atoms with Gasteiger partial charge in [-0.1, -0.05) is 57.8 Å². The third-order valence-electron chi connectivity index (χ3n) is 3.45. The zero-order chi connectivity index (χ0) is 16.2. The molecule has 0 radical (unpaired) electrons. The molecule has 0 aliphatic carbocycles. The second-order valence-corrected chi connectivity index (χ2v) is 7.50. The van der Waals surface area contributed by atoms with Gasteiger partial charge in [0.25, 0.3) is 5.97 Å². The van der Waals surface area contributed by atoms with E-state index in [0.717, 1.165) is 57.8 Å². The first kappa shape index (κ1) is 25.3. The van der Waals surface area contributed by atoms with E-state index in [0.29, 0.717) is 12.8 Å². The van der Waals surface area contributed by atoms with Crippen molar-refractivity contribution < 1.29 is 59.2 Å². The van der Waals surface area contributed by atoms with Gasteiger partial charge in [-0.25, -0.2) is 0 Å². The van der Waals surface area contributed by atoms with Crippen LogP contribution in [0.25, 0.3) is 0 Å². The Bertz CT molecular complexity index is 290. The van der Waals surface area contributed by atoms with Gasteiger partial charge in [0.05, 0.1) is 0 Å². The summed E-state index contributed by atoms with van der Waals surface area (Å²) in [4.78, 5) is 19.1. The van der Waals surface area contributed by atoms with Crippen LogP contribution in [0.5, 0.6) is 0 Å². The Balaban J connectivity index is 0. The van der Waals surface area contributed by atoms with E-state index in [1.807, 2.05) is 0 Å². The molecule has 0 amide bonds. The summed E-state index contributed by atoms with van der Waals surface area (Å²) in [7, 11) is -4.05. The molecule has 0 aliphatic heterocycles. The van der Waals surface area contributed by atoms with Crippen molar-refractivity contribution in [2.24, 2.45) is 0 Å². The molecule has 6 nitrogen and oxygen atoms in total. The molecular weight excluding hydrogens is 318 g/mol. The summed E-state index contributed by atoms with van der Waals surface area (Å²) in [5.74, 6) is -2.52. The van der Waals surface area contributed by atoms with Crippen molar-refractivity contribution in [3.63, 3.8) is 0 Å². The van der Waals surface area contributed by atoms with Crippen LogP contribution < -0.4 is 34.5 Å². The summed E-state index contributed by atoms with van der Waals surface area (Å²) in [6.45, 7) is 0. The molecule has 0 saturated heterocycles. The van der Waals surface area contributed by atoms with Gasteiger partial charge in [-0.15, -0.1) is 0 Å². The molecule has 0 heterocycles. The quantitative estimate of drug-likeness (QED) is 0.136. The van der Waals surface area contributed by atoms with Crippen molar-refractivity contribution in [1.82, 2.24) is 0 Å². The smallest absolute Gasteiger partial charge is 0.779 e. The van der Waals surface area contributed by atoms with Gasteiger partial charge in [-0.05, 0) is 12.8 Å². The van der Waals surface area contributed by atoms with Crippen LogP contribution >= 0.6 is 7.60 Å². The van der Waals surface area contributed by atoms with Gasteiger partial charge in [0.15, 0.2) is 0 Å². The minimum atomic E-state index is -4.05. The van der Waals surface area contributed by atoms with Crippen LogP contribution in [0.4, 0.5) is 0 Å². The first-order valence-electron chi connectivity index (χ1n) is 7.91. The Morgan fingerprint density at radius 1 is 0.727 bits per heavy atom. The minimum absolute atomic E-state index is 0. The second kappa shape index (κ2) is 14.4. The fraction of sp³-hybridized carbons (Fsp3) is 1.00. The van der Waals surface area contributed by atoms with Gasteiger partial charge in [0.2, 0.25) is 0 Å². The van der Waals surface area contributed by atoms with E-state index in [4.69, 9.17) is 20.2 Å². The maximum atomic E-state index is 10.5. The SMILES string of the molecule is O=P([O-])(O)CCCCCCCCCCCCCC(O)(O)O.[Na+]. The molecule has 0 aromatic heterocycles. The number of aliphatic hydroxyl groups is 3. The van der Waals surface area contributed by atoms with E-state index in [-0.39, 0.29) is 42.1 Å². The van der Waals surface area contributed by atoms with Crippen LogP contribution in [0.3, 0.4) is 0 Å². The number of hydrogen-bond acceptors (Lipinski definition) is 5. The molecular formula is C14H30NaO6P. The zero-order valence-electron chi connectivity index (χ0n) is 13.7. The molecule has 0 saturated carbocycles. The van der Waals surface area contributed by atoms with E-state index >= 15 is 0 Å². The Kier molecular flexibility index (Phi) is 16.5. The fourth-order valence-electron chi connectivity index (χ4n) is 2.26. The molecule has 0 aliphatic rings. The normalized spacial score (nSPS) is 14.4. The number of unbranched alkanes of at least 4 members (excludes halogenated alkanes) is 10. The van der Waals surface area contributed by atoms with Crippen LogP contribution in [0.2, 0.25) is 0 Å². The summed E-state index contributed by atoms with van der Waals surface area (Å²) in [6.07, 6.45) is 10.5. The third-order valence-corrected chi connectivity index (χ3v) is 4.33. The van der Waals surface area contributed by atoms with Crippen molar-refractivity contribution in [2.45, 2.75) is 83.0 Å². The minimum Gasteiger partial charge on any atom is -0.779 e. The largest absolute Gasteiger partial charge is 1.00 e. The van der Waals surface area contributed by atoms with Crippen molar-refractivity contribution >= 4 is 7.60 Å². The molecule has 22 heavy (non-hydrogen) atoms. The average molecular weight is 348 g/mol. The Morgan fingerprint density at radius 2 is 1.05 bits per heavy atom.